The molecule has 1 aromatic carbocycles. The standard InChI is InChI=1S/C15H17ClFN3O3S2.C3H7NO/c1-19(2)14(21)6-24-15-18-12-7-25(22,23)8-13(12)20(15)9-3-4-11(17)10(16)5-9;1-4(2)3-5/h3-5,12-13H,6-8H2,1-2H3;3H,1-2H3. The summed E-state index contributed by atoms with van der Waals surface area (Å²) < 4.78 is 37.4. The average molecular weight is 479 g/mol. The van der Waals surface area contributed by atoms with Crippen molar-refractivity contribution < 1.29 is 22.4 Å². The summed E-state index contributed by atoms with van der Waals surface area (Å²) >= 11 is 7.12. The lowest BCUT2D eigenvalue weighted by atomic mass is 10.1. The second-order valence-electron chi connectivity index (χ2n) is 7.24. The quantitative estimate of drug-likeness (QED) is 0.607. The molecule has 1 fully saturated rings. The van der Waals surface area contributed by atoms with E-state index in [1.54, 1.807) is 39.2 Å². The average Bonchev–Trinajstić information content (AvgIpc) is 3.13. The Labute approximate surface area is 185 Å². The van der Waals surface area contributed by atoms with Gasteiger partial charge in [-0.05, 0) is 18.2 Å². The second-order valence-corrected chi connectivity index (χ2v) is 10.7. The number of hydrogen-bond acceptors (Lipinski definition) is 7. The third kappa shape index (κ3) is 6.08. The zero-order chi connectivity index (χ0) is 22.6. The van der Waals surface area contributed by atoms with Crippen LogP contribution >= 0.6 is 23.4 Å². The van der Waals surface area contributed by atoms with Crippen molar-refractivity contribution in [3.8, 4) is 0 Å². The maximum Gasteiger partial charge on any atom is 0.232 e. The molecular weight excluding hydrogens is 455 g/mol. The molecule has 0 bridgehead atoms. The second kappa shape index (κ2) is 9.97. The Morgan fingerprint density at radius 2 is 1.97 bits per heavy atom. The number of thioether (sulfide) groups is 1. The Hall–Kier alpha value is -1.85. The molecule has 2 unspecified atom stereocenters. The van der Waals surface area contributed by atoms with Crippen molar-refractivity contribution in [3.63, 3.8) is 0 Å². The van der Waals surface area contributed by atoms with Gasteiger partial charge in [0.15, 0.2) is 15.0 Å². The van der Waals surface area contributed by atoms with Crippen LogP contribution < -0.4 is 4.90 Å². The Balaban J connectivity index is 0.000000575. The lowest BCUT2D eigenvalue weighted by Crippen LogP contribution is -2.39. The van der Waals surface area contributed by atoms with Gasteiger partial charge < -0.3 is 14.7 Å². The number of anilines is 1. The molecule has 3 rings (SSSR count). The number of benzene rings is 1. The summed E-state index contributed by atoms with van der Waals surface area (Å²) in [5.74, 6) is -0.483. The van der Waals surface area contributed by atoms with Gasteiger partial charge in [-0.2, -0.15) is 0 Å². The third-order valence-electron chi connectivity index (χ3n) is 4.32. The van der Waals surface area contributed by atoms with Crippen LogP contribution in [0.15, 0.2) is 23.2 Å². The monoisotopic (exact) mass is 478 g/mol. The molecule has 8 nitrogen and oxygen atoms in total. The van der Waals surface area contributed by atoms with Crippen molar-refractivity contribution in [2.75, 3.05) is 50.3 Å². The van der Waals surface area contributed by atoms with Gasteiger partial charge >= 0.3 is 0 Å². The van der Waals surface area contributed by atoms with Gasteiger partial charge in [0.2, 0.25) is 12.3 Å². The van der Waals surface area contributed by atoms with E-state index in [1.807, 2.05) is 0 Å². The highest BCUT2D eigenvalue weighted by Crippen LogP contribution is 2.36. The minimum Gasteiger partial charge on any atom is -0.351 e. The molecule has 0 saturated carbocycles. The fraction of sp³-hybridized carbons (Fsp3) is 0.500. The lowest BCUT2D eigenvalue weighted by molar-refractivity contribution is -0.125. The molecule has 2 amide bonds. The zero-order valence-electron chi connectivity index (χ0n) is 17.1. The highest BCUT2D eigenvalue weighted by atomic mass is 35.5. The predicted molar refractivity (Wildman–Crippen MR) is 118 cm³/mol. The molecule has 2 atom stereocenters. The number of sulfone groups is 1. The Kier molecular flexibility index (Phi) is 8.12. The summed E-state index contributed by atoms with van der Waals surface area (Å²) in [6.45, 7) is 0. The largest absolute Gasteiger partial charge is 0.351 e. The lowest BCUT2D eigenvalue weighted by Gasteiger charge is -2.26. The van der Waals surface area contributed by atoms with E-state index in [9.17, 15) is 22.4 Å². The first-order valence-corrected chi connectivity index (χ1v) is 12.1. The number of fused-ring (bicyclic) bond motifs is 1. The molecule has 12 heteroatoms. The SMILES string of the molecule is CN(C)C(=O)CSC1=NC2CS(=O)(=O)CC2N1c1ccc(F)c(Cl)c1.CN(C)C=O. The van der Waals surface area contributed by atoms with E-state index >= 15 is 0 Å². The summed E-state index contributed by atoms with van der Waals surface area (Å²) in [6, 6.07) is 3.49. The first kappa shape index (κ1) is 24.4. The number of rotatable bonds is 4. The molecule has 0 spiro atoms. The number of amides is 2. The van der Waals surface area contributed by atoms with E-state index in [0.29, 0.717) is 10.9 Å². The number of hydrogen-bond donors (Lipinski definition) is 0. The van der Waals surface area contributed by atoms with Crippen LogP contribution in [0.2, 0.25) is 5.02 Å². The summed E-state index contributed by atoms with van der Waals surface area (Å²) in [6.07, 6.45) is 0.750. The van der Waals surface area contributed by atoms with E-state index in [0.717, 1.165) is 6.41 Å². The molecule has 166 valence electrons. The smallest absolute Gasteiger partial charge is 0.232 e. The van der Waals surface area contributed by atoms with Crippen molar-refractivity contribution >= 4 is 56.4 Å². The van der Waals surface area contributed by atoms with Gasteiger partial charge in [-0.25, -0.2) is 12.8 Å². The van der Waals surface area contributed by atoms with Gasteiger partial charge in [-0.15, -0.1) is 0 Å². The first-order valence-electron chi connectivity index (χ1n) is 8.92. The minimum absolute atomic E-state index is 0.0191. The predicted octanol–water partition coefficient (Wildman–Crippen LogP) is 1.35. The van der Waals surface area contributed by atoms with Gasteiger partial charge in [0.1, 0.15) is 5.82 Å². The van der Waals surface area contributed by atoms with Gasteiger partial charge in [-0.3, -0.25) is 14.6 Å². The molecule has 30 heavy (non-hydrogen) atoms. The van der Waals surface area contributed by atoms with Crippen molar-refractivity contribution in [2.24, 2.45) is 4.99 Å². The maximum atomic E-state index is 13.5. The Morgan fingerprint density at radius 1 is 1.33 bits per heavy atom. The van der Waals surface area contributed by atoms with Crippen LogP contribution in [0.5, 0.6) is 0 Å². The van der Waals surface area contributed by atoms with Crippen molar-refractivity contribution in [1.82, 2.24) is 9.80 Å². The number of halogens is 2. The molecule has 0 aromatic heterocycles. The van der Waals surface area contributed by atoms with Gasteiger partial charge in [0.25, 0.3) is 0 Å². The van der Waals surface area contributed by atoms with E-state index in [-0.39, 0.29) is 40.3 Å². The molecule has 0 N–H and O–H groups in total. The highest BCUT2D eigenvalue weighted by molar-refractivity contribution is 8.14. The molecule has 2 heterocycles. The normalized spacial score (nSPS) is 21.3. The van der Waals surface area contributed by atoms with Crippen molar-refractivity contribution in [1.29, 1.82) is 0 Å². The van der Waals surface area contributed by atoms with E-state index in [4.69, 9.17) is 11.6 Å². The number of carbonyl (C=O) groups excluding carboxylic acids is 2. The summed E-state index contributed by atoms with van der Waals surface area (Å²) in [5, 5.41) is 0.512. The topological polar surface area (TPSA) is 90.4 Å². The molecule has 1 saturated heterocycles. The summed E-state index contributed by atoms with van der Waals surface area (Å²) in [4.78, 5) is 30.5. The first-order chi connectivity index (χ1) is 13.9. The zero-order valence-corrected chi connectivity index (χ0v) is 19.5. The van der Waals surface area contributed by atoms with Crippen molar-refractivity contribution in [2.45, 2.75) is 12.1 Å². The maximum absolute atomic E-state index is 13.5. The molecule has 1 aromatic rings. The molecular formula is C18H24ClFN4O4S2. The van der Waals surface area contributed by atoms with Gasteiger partial charge in [0.05, 0.1) is 34.4 Å². The van der Waals surface area contributed by atoms with Crippen LogP contribution in [0.4, 0.5) is 10.1 Å². The van der Waals surface area contributed by atoms with Crippen LogP contribution in [0.3, 0.4) is 0 Å². The molecule has 0 radical (unpaired) electrons. The van der Waals surface area contributed by atoms with E-state index in [2.05, 4.69) is 4.99 Å². The van der Waals surface area contributed by atoms with Crippen LogP contribution in [0.25, 0.3) is 0 Å². The number of aliphatic imine (C=N–C) groups is 1. The minimum atomic E-state index is -3.17. The van der Waals surface area contributed by atoms with E-state index in [1.165, 1.54) is 33.7 Å². The summed E-state index contributed by atoms with van der Waals surface area (Å²) in [7, 11) is 3.53. The van der Waals surface area contributed by atoms with Crippen LogP contribution in [0, 0.1) is 5.82 Å². The highest BCUT2D eigenvalue weighted by Gasteiger charge is 2.47. The number of carbonyl (C=O) groups is 2. The van der Waals surface area contributed by atoms with Crippen LogP contribution in [-0.4, -0.2) is 93.2 Å². The number of amidine groups is 1. The van der Waals surface area contributed by atoms with Crippen molar-refractivity contribution in [3.05, 3.63) is 29.0 Å². The summed E-state index contributed by atoms with van der Waals surface area (Å²) in [5.41, 5.74) is 0.569. The van der Waals surface area contributed by atoms with E-state index < -0.39 is 15.7 Å². The molecule has 0 aliphatic carbocycles. The number of nitrogens with zero attached hydrogens (tertiary/aromatic N) is 4. The van der Waals surface area contributed by atoms with Gasteiger partial charge in [-0.1, -0.05) is 23.4 Å². The fourth-order valence-corrected chi connectivity index (χ4v) is 5.95. The molecule has 2 aliphatic rings. The molecule has 2 aliphatic heterocycles. The van der Waals surface area contributed by atoms with Crippen LogP contribution in [0.1, 0.15) is 0 Å². The fourth-order valence-electron chi connectivity index (χ4n) is 2.83. The van der Waals surface area contributed by atoms with Crippen LogP contribution in [-0.2, 0) is 19.4 Å². The Bertz CT molecular complexity index is 940. The van der Waals surface area contributed by atoms with Gasteiger partial charge in [0, 0.05) is 33.9 Å². The Morgan fingerprint density at radius 3 is 2.50 bits per heavy atom. The third-order valence-corrected chi connectivity index (χ3v) is 7.26.